The Kier molecular flexibility index (Phi) is 3.80. The normalized spacial score (nSPS) is 11.6. The maximum Gasteiger partial charge on any atom is 0.331 e. The quantitative estimate of drug-likeness (QED) is 0.851. The van der Waals surface area contributed by atoms with Gasteiger partial charge in [0.2, 0.25) is 0 Å². The molecule has 0 aliphatic carbocycles. The minimum atomic E-state index is -0.877. The Morgan fingerprint density at radius 3 is 2.53 bits per heavy atom. The van der Waals surface area contributed by atoms with E-state index < -0.39 is 5.97 Å². The average molecular weight is 257 g/mol. The Hall–Kier alpha value is -2.36. The highest BCUT2D eigenvalue weighted by Gasteiger charge is 2.06. The van der Waals surface area contributed by atoms with Crippen molar-refractivity contribution in [3.63, 3.8) is 0 Å². The topological polar surface area (TPSA) is 63.3 Å². The molecule has 0 saturated heterocycles. The van der Waals surface area contributed by atoms with Crippen molar-refractivity contribution in [1.29, 1.82) is 0 Å². The molecule has 0 radical (unpaired) electrons. The Morgan fingerprint density at radius 1 is 1.37 bits per heavy atom. The van der Waals surface area contributed by atoms with Crippen LogP contribution in [-0.2, 0) is 4.79 Å². The predicted molar refractivity (Wildman–Crippen MR) is 72.6 cm³/mol. The summed E-state index contributed by atoms with van der Waals surface area (Å²) in [5.41, 5.74) is 2.17. The minimum absolute atomic E-state index is 0.392. The monoisotopic (exact) mass is 257 g/mol. The first kappa shape index (κ1) is 13.1. The Bertz CT molecular complexity index is 609. The first-order chi connectivity index (χ1) is 9.10. The van der Waals surface area contributed by atoms with Gasteiger partial charge in [-0.2, -0.15) is 0 Å². The zero-order chi connectivity index (χ0) is 13.8. The highest BCUT2D eigenvalue weighted by Crippen LogP contribution is 2.21. The van der Waals surface area contributed by atoms with E-state index in [1.165, 1.54) is 0 Å². The molecule has 19 heavy (non-hydrogen) atoms. The van der Waals surface area contributed by atoms with Crippen LogP contribution in [0.15, 0.2) is 40.5 Å². The largest absolute Gasteiger partial charge is 0.478 e. The molecule has 0 fully saturated rings. The lowest BCUT2D eigenvalue weighted by Gasteiger charge is -2.00. The van der Waals surface area contributed by atoms with Crippen molar-refractivity contribution in [3.8, 4) is 11.3 Å². The van der Waals surface area contributed by atoms with Gasteiger partial charge in [-0.25, -0.2) is 9.78 Å². The van der Waals surface area contributed by atoms with Gasteiger partial charge in [0, 0.05) is 18.1 Å². The molecule has 0 saturated carbocycles. The highest BCUT2D eigenvalue weighted by atomic mass is 16.4. The van der Waals surface area contributed by atoms with Gasteiger partial charge in [0.15, 0.2) is 11.7 Å². The Morgan fingerprint density at radius 2 is 2.05 bits per heavy atom. The maximum atomic E-state index is 10.9. The molecular weight excluding hydrogens is 242 g/mol. The van der Waals surface area contributed by atoms with Crippen molar-refractivity contribution < 1.29 is 14.3 Å². The summed E-state index contributed by atoms with van der Waals surface area (Å²) in [7, 11) is 0. The summed E-state index contributed by atoms with van der Waals surface area (Å²) in [5.74, 6) is 0.456. The number of carbonyl (C=O) groups is 1. The molecule has 0 aliphatic rings. The van der Waals surface area contributed by atoms with Crippen LogP contribution in [0.25, 0.3) is 17.4 Å². The number of nitrogens with zero attached hydrogens (tertiary/aromatic N) is 1. The van der Waals surface area contributed by atoms with Gasteiger partial charge < -0.3 is 9.52 Å². The molecular formula is C15H15NO3. The standard InChI is InChI=1S/C15H15NO3/c1-3-12(15(17)18)8-11-4-6-13(7-5-11)14-9-16-10(2)19-14/h4-9H,3H2,1-2H3,(H,17,18)/b12-8-. The molecule has 2 rings (SSSR count). The van der Waals surface area contributed by atoms with Crippen molar-refractivity contribution in [1.82, 2.24) is 4.98 Å². The van der Waals surface area contributed by atoms with E-state index in [-0.39, 0.29) is 0 Å². The fourth-order valence-electron chi connectivity index (χ4n) is 1.75. The molecule has 1 heterocycles. The van der Waals surface area contributed by atoms with Crippen LogP contribution in [0.1, 0.15) is 24.8 Å². The van der Waals surface area contributed by atoms with Crippen LogP contribution >= 0.6 is 0 Å². The highest BCUT2D eigenvalue weighted by molar-refractivity contribution is 5.92. The number of carboxylic acid groups (broad SMARTS) is 1. The van der Waals surface area contributed by atoms with E-state index >= 15 is 0 Å². The number of hydrogen-bond donors (Lipinski definition) is 1. The van der Waals surface area contributed by atoms with E-state index in [4.69, 9.17) is 9.52 Å². The Labute approximate surface area is 111 Å². The lowest BCUT2D eigenvalue weighted by Crippen LogP contribution is -1.98. The third-order valence-corrected chi connectivity index (χ3v) is 2.81. The number of aromatic nitrogens is 1. The van der Waals surface area contributed by atoms with Gasteiger partial charge in [0.05, 0.1) is 6.20 Å². The van der Waals surface area contributed by atoms with Crippen molar-refractivity contribution in [2.75, 3.05) is 0 Å². The van der Waals surface area contributed by atoms with Crippen molar-refractivity contribution in [2.24, 2.45) is 0 Å². The number of aliphatic carboxylic acids is 1. The second-order valence-electron chi connectivity index (χ2n) is 4.19. The first-order valence-corrected chi connectivity index (χ1v) is 6.07. The summed E-state index contributed by atoms with van der Waals surface area (Å²) >= 11 is 0. The first-order valence-electron chi connectivity index (χ1n) is 6.07. The van der Waals surface area contributed by atoms with Gasteiger partial charge in [-0.3, -0.25) is 0 Å². The molecule has 1 N–H and O–H groups in total. The van der Waals surface area contributed by atoms with Crippen LogP contribution in [0.4, 0.5) is 0 Å². The molecule has 1 aromatic carbocycles. The van der Waals surface area contributed by atoms with Crippen molar-refractivity contribution >= 4 is 12.0 Å². The van der Waals surface area contributed by atoms with Crippen LogP contribution < -0.4 is 0 Å². The van der Waals surface area contributed by atoms with Crippen LogP contribution in [0.2, 0.25) is 0 Å². The number of oxazole rings is 1. The molecule has 4 heteroatoms. The number of benzene rings is 1. The second kappa shape index (κ2) is 5.52. The van der Waals surface area contributed by atoms with Gasteiger partial charge in [-0.05, 0) is 18.1 Å². The second-order valence-corrected chi connectivity index (χ2v) is 4.19. The van der Waals surface area contributed by atoms with Gasteiger partial charge in [-0.1, -0.05) is 31.2 Å². The van der Waals surface area contributed by atoms with Gasteiger partial charge in [0.1, 0.15) is 0 Å². The maximum absolute atomic E-state index is 10.9. The summed E-state index contributed by atoms with van der Waals surface area (Å²) in [6.07, 6.45) is 3.85. The van der Waals surface area contributed by atoms with Crippen LogP contribution in [-0.4, -0.2) is 16.1 Å². The molecule has 0 spiro atoms. The van der Waals surface area contributed by atoms with E-state index in [9.17, 15) is 4.79 Å². The molecule has 2 aromatic rings. The molecule has 4 nitrogen and oxygen atoms in total. The number of aryl methyl sites for hydroxylation is 1. The van der Waals surface area contributed by atoms with E-state index in [0.717, 1.165) is 11.1 Å². The Balaban J connectivity index is 2.26. The fourth-order valence-corrected chi connectivity index (χ4v) is 1.75. The SMILES string of the molecule is CC/C(=C/c1ccc(-c2cnc(C)o2)cc1)C(=O)O. The molecule has 98 valence electrons. The summed E-state index contributed by atoms with van der Waals surface area (Å²) in [6.45, 7) is 3.62. The zero-order valence-electron chi connectivity index (χ0n) is 10.9. The lowest BCUT2D eigenvalue weighted by molar-refractivity contribution is -0.132. The van der Waals surface area contributed by atoms with E-state index in [0.29, 0.717) is 23.6 Å². The molecule has 0 unspecified atom stereocenters. The number of carboxylic acids is 1. The minimum Gasteiger partial charge on any atom is -0.478 e. The van der Waals surface area contributed by atoms with E-state index in [2.05, 4.69) is 4.98 Å². The summed E-state index contributed by atoms with van der Waals surface area (Å²) < 4.78 is 5.43. The van der Waals surface area contributed by atoms with Gasteiger partial charge in [-0.15, -0.1) is 0 Å². The summed E-state index contributed by atoms with van der Waals surface area (Å²) in [6, 6.07) is 7.51. The number of hydrogen-bond acceptors (Lipinski definition) is 3. The molecule has 0 aliphatic heterocycles. The number of rotatable bonds is 4. The van der Waals surface area contributed by atoms with Gasteiger partial charge >= 0.3 is 5.97 Å². The third-order valence-electron chi connectivity index (χ3n) is 2.81. The molecule has 0 atom stereocenters. The average Bonchev–Trinajstić information content (AvgIpc) is 2.83. The smallest absolute Gasteiger partial charge is 0.331 e. The van der Waals surface area contributed by atoms with E-state index in [1.54, 1.807) is 19.2 Å². The summed E-state index contributed by atoms with van der Waals surface area (Å²) in [4.78, 5) is 15.0. The van der Waals surface area contributed by atoms with Crippen LogP contribution in [0, 0.1) is 6.92 Å². The van der Waals surface area contributed by atoms with Crippen LogP contribution in [0.3, 0.4) is 0 Å². The zero-order valence-corrected chi connectivity index (χ0v) is 10.9. The fraction of sp³-hybridized carbons (Fsp3) is 0.200. The van der Waals surface area contributed by atoms with Crippen molar-refractivity contribution in [3.05, 3.63) is 47.5 Å². The molecule has 0 amide bonds. The third kappa shape index (κ3) is 3.10. The lowest BCUT2D eigenvalue weighted by atomic mass is 10.1. The summed E-state index contributed by atoms with van der Waals surface area (Å²) in [5, 5.41) is 8.98. The van der Waals surface area contributed by atoms with Gasteiger partial charge in [0.25, 0.3) is 0 Å². The van der Waals surface area contributed by atoms with E-state index in [1.807, 2.05) is 31.2 Å². The van der Waals surface area contributed by atoms with Crippen molar-refractivity contribution in [2.45, 2.75) is 20.3 Å². The molecule has 1 aromatic heterocycles. The predicted octanol–water partition coefficient (Wildman–Crippen LogP) is 3.53. The van der Waals surface area contributed by atoms with Crippen LogP contribution in [0.5, 0.6) is 0 Å². The molecule has 0 bridgehead atoms.